The highest BCUT2D eigenvalue weighted by molar-refractivity contribution is 6.30. The molecule has 0 amide bonds. The van der Waals surface area contributed by atoms with Gasteiger partial charge in [-0.1, -0.05) is 23.7 Å². The van der Waals surface area contributed by atoms with Gasteiger partial charge in [0.15, 0.2) is 0 Å². The van der Waals surface area contributed by atoms with Crippen molar-refractivity contribution in [1.82, 2.24) is 4.90 Å². The Bertz CT molecular complexity index is 363. The van der Waals surface area contributed by atoms with Gasteiger partial charge in [0.2, 0.25) is 0 Å². The summed E-state index contributed by atoms with van der Waals surface area (Å²) in [5, 5.41) is 0.768. The molecular formula is C14H21ClN2. The topological polar surface area (TPSA) is 29.3 Å². The molecule has 0 heterocycles. The van der Waals surface area contributed by atoms with E-state index in [4.69, 9.17) is 17.3 Å². The highest BCUT2D eigenvalue weighted by Gasteiger charge is 2.22. The van der Waals surface area contributed by atoms with Gasteiger partial charge in [-0.2, -0.15) is 0 Å². The number of benzene rings is 1. The van der Waals surface area contributed by atoms with E-state index in [9.17, 15) is 0 Å². The summed E-state index contributed by atoms with van der Waals surface area (Å²) < 4.78 is 0. The van der Waals surface area contributed by atoms with Crippen LogP contribution in [0.4, 0.5) is 0 Å². The third-order valence-electron chi connectivity index (χ3n) is 3.37. The van der Waals surface area contributed by atoms with E-state index >= 15 is 0 Å². The minimum absolute atomic E-state index is 0.0929. The van der Waals surface area contributed by atoms with E-state index in [2.05, 4.69) is 18.0 Å². The number of nitrogens with two attached hydrogens (primary N) is 1. The number of halogens is 1. The van der Waals surface area contributed by atoms with Gasteiger partial charge >= 0.3 is 0 Å². The molecule has 0 aliphatic heterocycles. The molecule has 0 saturated heterocycles. The fourth-order valence-corrected chi connectivity index (χ4v) is 2.29. The molecule has 2 nitrogen and oxygen atoms in total. The van der Waals surface area contributed by atoms with E-state index in [1.54, 1.807) is 0 Å². The van der Waals surface area contributed by atoms with E-state index in [0.717, 1.165) is 29.5 Å². The van der Waals surface area contributed by atoms with Crippen LogP contribution in [0.2, 0.25) is 5.02 Å². The first kappa shape index (κ1) is 12.9. The summed E-state index contributed by atoms with van der Waals surface area (Å²) in [7, 11) is 2.18. The Hall–Kier alpha value is -0.570. The summed E-state index contributed by atoms with van der Waals surface area (Å²) in [5.74, 6) is 0.947. The first-order valence-electron chi connectivity index (χ1n) is 6.35. The molecule has 17 heavy (non-hydrogen) atoms. The first-order chi connectivity index (χ1) is 8.15. The van der Waals surface area contributed by atoms with Crippen LogP contribution in [0, 0.1) is 5.92 Å². The number of nitrogens with zero attached hydrogens (tertiary/aromatic N) is 1. The van der Waals surface area contributed by atoms with Crippen molar-refractivity contribution < 1.29 is 0 Å². The second-order valence-electron chi connectivity index (χ2n) is 5.16. The van der Waals surface area contributed by atoms with Crippen molar-refractivity contribution in [1.29, 1.82) is 0 Å². The average molecular weight is 253 g/mol. The van der Waals surface area contributed by atoms with Gasteiger partial charge in [0.25, 0.3) is 0 Å². The van der Waals surface area contributed by atoms with Crippen molar-refractivity contribution >= 4 is 11.6 Å². The Kier molecular flexibility index (Phi) is 4.43. The van der Waals surface area contributed by atoms with Gasteiger partial charge in [0, 0.05) is 17.6 Å². The molecule has 3 heteroatoms. The van der Waals surface area contributed by atoms with E-state index in [-0.39, 0.29) is 6.04 Å². The summed E-state index contributed by atoms with van der Waals surface area (Å²) in [6.07, 6.45) is 3.80. The number of hydrogen-bond donors (Lipinski definition) is 1. The summed E-state index contributed by atoms with van der Waals surface area (Å²) in [4.78, 5) is 2.39. The predicted molar refractivity (Wildman–Crippen MR) is 73.2 cm³/mol. The first-order valence-corrected chi connectivity index (χ1v) is 6.72. The van der Waals surface area contributed by atoms with Gasteiger partial charge in [-0.05, 0) is 56.5 Å². The molecule has 1 aliphatic carbocycles. The van der Waals surface area contributed by atoms with Gasteiger partial charge in [-0.25, -0.2) is 0 Å². The molecular weight excluding hydrogens is 232 g/mol. The molecule has 1 unspecified atom stereocenters. The molecule has 2 N–H and O–H groups in total. The summed E-state index contributed by atoms with van der Waals surface area (Å²) in [6.45, 7) is 2.28. The molecule has 0 spiro atoms. The van der Waals surface area contributed by atoms with Crippen molar-refractivity contribution in [2.45, 2.75) is 25.3 Å². The molecule has 1 atom stereocenters. The quantitative estimate of drug-likeness (QED) is 0.843. The number of rotatable bonds is 6. The molecule has 1 aromatic carbocycles. The summed E-state index contributed by atoms with van der Waals surface area (Å²) in [6, 6.07) is 7.96. The lowest BCUT2D eigenvalue weighted by Crippen LogP contribution is -2.25. The van der Waals surface area contributed by atoms with Crippen molar-refractivity contribution in [3.63, 3.8) is 0 Å². The molecule has 1 aromatic rings. The zero-order valence-electron chi connectivity index (χ0n) is 10.4. The van der Waals surface area contributed by atoms with Crippen LogP contribution in [0.25, 0.3) is 0 Å². The highest BCUT2D eigenvalue weighted by atomic mass is 35.5. The fourth-order valence-electron chi connectivity index (χ4n) is 2.10. The van der Waals surface area contributed by atoms with Crippen LogP contribution in [0.3, 0.4) is 0 Å². The molecule has 1 saturated carbocycles. The lowest BCUT2D eigenvalue weighted by atomic mass is 10.0. The third kappa shape index (κ3) is 4.30. The highest BCUT2D eigenvalue weighted by Crippen LogP contribution is 2.29. The van der Waals surface area contributed by atoms with Gasteiger partial charge in [-0.15, -0.1) is 0 Å². The Morgan fingerprint density at radius 1 is 1.47 bits per heavy atom. The second-order valence-corrected chi connectivity index (χ2v) is 5.59. The Balaban J connectivity index is 1.77. The molecule has 94 valence electrons. The van der Waals surface area contributed by atoms with E-state index in [1.807, 2.05) is 18.2 Å². The Morgan fingerprint density at radius 3 is 2.88 bits per heavy atom. The maximum absolute atomic E-state index is 6.17. The summed E-state index contributed by atoms with van der Waals surface area (Å²) >= 11 is 5.96. The van der Waals surface area contributed by atoms with Crippen LogP contribution < -0.4 is 5.73 Å². The molecule has 1 fully saturated rings. The molecule has 0 radical (unpaired) electrons. The fraction of sp³-hybridized carbons (Fsp3) is 0.571. The minimum atomic E-state index is 0.0929. The van der Waals surface area contributed by atoms with Crippen LogP contribution in [0.1, 0.15) is 30.9 Å². The maximum Gasteiger partial charge on any atom is 0.0409 e. The molecule has 2 rings (SSSR count). The van der Waals surface area contributed by atoms with Gasteiger partial charge in [0.05, 0.1) is 0 Å². The van der Waals surface area contributed by atoms with Crippen molar-refractivity contribution in [2.75, 3.05) is 20.1 Å². The van der Waals surface area contributed by atoms with E-state index in [0.29, 0.717) is 0 Å². The molecule has 1 aliphatic rings. The molecule has 0 bridgehead atoms. The van der Waals surface area contributed by atoms with Crippen LogP contribution in [-0.2, 0) is 0 Å². The van der Waals surface area contributed by atoms with Crippen LogP contribution in [0.15, 0.2) is 24.3 Å². The maximum atomic E-state index is 6.17. The number of hydrogen-bond acceptors (Lipinski definition) is 2. The van der Waals surface area contributed by atoms with Gasteiger partial charge < -0.3 is 10.6 Å². The van der Waals surface area contributed by atoms with Crippen LogP contribution >= 0.6 is 11.6 Å². The van der Waals surface area contributed by atoms with Crippen molar-refractivity contribution in [3.05, 3.63) is 34.9 Å². The normalized spacial score (nSPS) is 17.4. The predicted octanol–water partition coefficient (Wildman–Crippen LogP) is 3.07. The van der Waals surface area contributed by atoms with E-state index in [1.165, 1.54) is 19.4 Å². The second kappa shape index (κ2) is 5.85. The monoisotopic (exact) mass is 252 g/mol. The zero-order chi connectivity index (χ0) is 12.3. The van der Waals surface area contributed by atoms with Gasteiger partial charge in [-0.3, -0.25) is 0 Å². The zero-order valence-corrected chi connectivity index (χ0v) is 11.2. The largest absolute Gasteiger partial charge is 0.324 e. The average Bonchev–Trinajstić information content (AvgIpc) is 3.10. The lowest BCUT2D eigenvalue weighted by molar-refractivity contribution is 0.306. The molecule has 0 aromatic heterocycles. The smallest absolute Gasteiger partial charge is 0.0409 e. The van der Waals surface area contributed by atoms with Crippen molar-refractivity contribution in [2.24, 2.45) is 11.7 Å². The van der Waals surface area contributed by atoms with Crippen molar-refractivity contribution in [3.8, 4) is 0 Å². The Labute approximate surface area is 109 Å². The van der Waals surface area contributed by atoms with E-state index < -0.39 is 0 Å². The lowest BCUT2D eigenvalue weighted by Gasteiger charge is -2.19. The SMILES string of the molecule is CN(CCC(N)c1cccc(Cl)c1)CC1CC1. The third-order valence-corrected chi connectivity index (χ3v) is 3.60. The Morgan fingerprint density at radius 2 is 2.24 bits per heavy atom. The summed E-state index contributed by atoms with van der Waals surface area (Å²) in [5.41, 5.74) is 7.31. The van der Waals surface area contributed by atoms with Gasteiger partial charge in [0.1, 0.15) is 0 Å². The standard InChI is InChI=1S/C14H21ClN2/c1-17(10-11-5-6-11)8-7-14(16)12-3-2-4-13(15)9-12/h2-4,9,11,14H,5-8,10,16H2,1H3. The van der Waals surface area contributed by atoms with Crippen LogP contribution in [-0.4, -0.2) is 25.0 Å². The van der Waals surface area contributed by atoms with Crippen LogP contribution in [0.5, 0.6) is 0 Å². The minimum Gasteiger partial charge on any atom is -0.324 e.